The minimum absolute atomic E-state index is 0.00226. The normalized spacial score (nSPS) is 14.5. The molecule has 1 saturated heterocycles. The summed E-state index contributed by atoms with van der Waals surface area (Å²) in [5.41, 5.74) is 4.64. The molecule has 162 valence electrons. The summed E-state index contributed by atoms with van der Waals surface area (Å²) in [6.07, 6.45) is 5.35. The Kier molecular flexibility index (Phi) is 5.49. The van der Waals surface area contributed by atoms with Crippen LogP contribution in [0.15, 0.2) is 54.7 Å². The van der Waals surface area contributed by atoms with Gasteiger partial charge in [-0.05, 0) is 42.0 Å². The third-order valence-electron chi connectivity index (χ3n) is 5.42. The fourth-order valence-electron chi connectivity index (χ4n) is 3.73. The van der Waals surface area contributed by atoms with Crippen molar-refractivity contribution in [2.24, 2.45) is 0 Å². The Bertz CT molecular complexity index is 1270. The minimum Gasteiger partial charge on any atom is -0.392 e. The second-order valence-electron chi connectivity index (χ2n) is 7.46. The van der Waals surface area contributed by atoms with Gasteiger partial charge in [0.1, 0.15) is 11.4 Å². The van der Waals surface area contributed by atoms with Gasteiger partial charge in [-0.25, -0.2) is 4.68 Å². The van der Waals surface area contributed by atoms with Crippen LogP contribution in [-0.4, -0.2) is 74.0 Å². The van der Waals surface area contributed by atoms with Crippen molar-refractivity contribution in [3.8, 4) is 17.1 Å². The summed E-state index contributed by atoms with van der Waals surface area (Å²) in [4.78, 5) is 14.4. The van der Waals surface area contributed by atoms with Crippen molar-refractivity contribution in [2.45, 2.75) is 0 Å². The fourth-order valence-corrected chi connectivity index (χ4v) is 3.73. The number of aliphatic hydroxyl groups excluding tert-OH is 1. The molecule has 0 saturated carbocycles. The summed E-state index contributed by atoms with van der Waals surface area (Å²) in [5.74, 6) is 0.00956. The minimum atomic E-state index is -0.00226. The first kappa shape index (κ1) is 20.1. The van der Waals surface area contributed by atoms with Gasteiger partial charge in [0.05, 0.1) is 37.2 Å². The van der Waals surface area contributed by atoms with Crippen LogP contribution < -0.4 is 0 Å². The lowest BCUT2D eigenvalue weighted by atomic mass is 10.1. The average Bonchev–Trinajstić information content (AvgIpc) is 3.50. The van der Waals surface area contributed by atoms with Crippen LogP contribution in [0.1, 0.15) is 15.9 Å². The van der Waals surface area contributed by atoms with E-state index >= 15 is 0 Å². The Morgan fingerprint density at radius 2 is 1.97 bits per heavy atom. The molecule has 1 aliphatic heterocycles. The highest BCUT2D eigenvalue weighted by Gasteiger charge is 2.18. The summed E-state index contributed by atoms with van der Waals surface area (Å²) < 4.78 is 6.98. The Morgan fingerprint density at radius 1 is 1.16 bits per heavy atom. The number of nitrogens with zero attached hydrogens (tertiary/aromatic N) is 5. The molecule has 2 aromatic heterocycles. The van der Waals surface area contributed by atoms with Gasteiger partial charge in [0, 0.05) is 24.0 Å². The monoisotopic (exact) mass is 430 g/mol. The number of carbonyl (C=O) groups excluding carboxylic acids is 1. The third-order valence-corrected chi connectivity index (χ3v) is 5.42. The Labute approximate surface area is 183 Å². The highest BCUT2D eigenvalue weighted by Crippen LogP contribution is 2.26. The summed E-state index contributed by atoms with van der Waals surface area (Å²) in [5, 5.41) is 25.8. The SMILES string of the molecule is O=C(c1ccc(-n2cc(-c3n[nH]c4cc(C=CCO)ccc34)nn2)cc1)N1CCOCC1. The van der Waals surface area contributed by atoms with Gasteiger partial charge in [-0.2, -0.15) is 5.10 Å². The molecule has 0 atom stereocenters. The topological polar surface area (TPSA) is 109 Å². The zero-order valence-corrected chi connectivity index (χ0v) is 17.3. The summed E-state index contributed by atoms with van der Waals surface area (Å²) in [6, 6.07) is 13.2. The van der Waals surface area contributed by atoms with Gasteiger partial charge in [-0.15, -0.1) is 5.10 Å². The molecule has 9 nitrogen and oxygen atoms in total. The average molecular weight is 430 g/mol. The smallest absolute Gasteiger partial charge is 0.254 e. The van der Waals surface area contributed by atoms with E-state index in [-0.39, 0.29) is 12.5 Å². The number of hydrogen-bond acceptors (Lipinski definition) is 6. The van der Waals surface area contributed by atoms with Crippen molar-refractivity contribution in [3.63, 3.8) is 0 Å². The number of hydrogen-bond donors (Lipinski definition) is 2. The maximum absolute atomic E-state index is 12.6. The second-order valence-corrected chi connectivity index (χ2v) is 7.46. The van der Waals surface area contributed by atoms with E-state index < -0.39 is 0 Å². The molecule has 2 aromatic carbocycles. The van der Waals surface area contributed by atoms with E-state index in [1.54, 1.807) is 27.8 Å². The highest BCUT2D eigenvalue weighted by molar-refractivity contribution is 5.94. The predicted octanol–water partition coefficient (Wildman–Crippen LogP) is 2.29. The molecule has 1 aliphatic rings. The van der Waals surface area contributed by atoms with Crippen molar-refractivity contribution in [2.75, 3.05) is 32.9 Å². The van der Waals surface area contributed by atoms with Crippen LogP contribution in [0, 0.1) is 0 Å². The number of aromatic amines is 1. The van der Waals surface area contributed by atoms with Gasteiger partial charge in [0.15, 0.2) is 0 Å². The van der Waals surface area contributed by atoms with Crippen LogP contribution in [0.2, 0.25) is 0 Å². The Hall–Kier alpha value is -3.82. The molecule has 2 N–H and O–H groups in total. The Balaban J connectivity index is 1.36. The first-order chi connectivity index (χ1) is 15.7. The van der Waals surface area contributed by atoms with Gasteiger partial charge < -0.3 is 14.7 Å². The number of ether oxygens (including phenoxy) is 1. The number of aromatic nitrogens is 5. The Morgan fingerprint density at radius 3 is 2.75 bits per heavy atom. The van der Waals surface area contributed by atoms with Crippen LogP contribution in [-0.2, 0) is 4.74 Å². The fraction of sp³-hybridized carbons (Fsp3) is 0.217. The van der Waals surface area contributed by atoms with E-state index in [9.17, 15) is 4.79 Å². The number of H-pyrrole nitrogens is 1. The largest absolute Gasteiger partial charge is 0.392 e. The number of morpholine rings is 1. The first-order valence-corrected chi connectivity index (χ1v) is 10.4. The summed E-state index contributed by atoms with van der Waals surface area (Å²) in [7, 11) is 0. The number of fused-ring (bicyclic) bond motifs is 1. The molecule has 32 heavy (non-hydrogen) atoms. The van der Waals surface area contributed by atoms with Crippen LogP contribution in [0.5, 0.6) is 0 Å². The number of amides is 1. The van der Waals surface area contributed by atoms with E-state index in [0.29, 0.717) is 43.3 Å². The molecule has 9 heteroatoms. The number of rotatable bonds is 5. The molecule has 0 radical (unpaired) electrons. The van der Waals surface area contributed by atoms with Gasteiger partial charge in [-0.3, -0.25) is 9.89 Å². The van der Waals surface area contributed by atoms with Crippen molar-refractivity contribution in [1.29, 1.82) is 0 Å². The van der Waals surface area contributed by atoms with Crippen LogP contribution >= 0.6 is 0 Å². The molecule has 1 amide bonds. The molecule has 5 rings (SSSR count). The van der Waals surface area contributed by atoms with E-state index in [1.165, 1.54) is 0 Å². The lowest BCUT2D eigenvalue weighted by Crippen LogP contribution is -2.40. The number of benzene rings is 2. The zero-order valence-electron chi connectivity index (χ0n) is 17.3. The van der Waals surface area contributed by atoms with Gasteiger partial charge in [0.25, 0.3) is 5.91 Å². The third kappa shape index (κ3) is 3.91. The number of aliphatic hydroxyl groups is 1. The molecule has 0 bridgehead atoms. The standard InChI is InChI=1S/C23H22N6O3/c30-11-1-2-16-3-8-19-20(14-16)24-26-22(19)21-15-29(27-25-21)18-6-4-17(5-7-18)23(31)28-9-12-32-13-10-28/h1-8,14-15,30H,9-13H2,(H,24,26). The van der Waals surface area contributed by atoms with Gasteiger partial charge in [-0.1, -0.05) is 23.4 Å². The van der Waals surface area contributed by atoms with Crippen LogP contribution in [0.25, 0.3) is 34.1 Å². The van der Waals surface area contributed by atoms with E-state index in [1.807, 2.05) is 42.6 Å². The molecular formula is C23H22N6O3. The van der Waals surface area contributed by atoms with Crippen molar-refractivity contribution in [3.05, 3.63) is 65.9 Å². The molecule has 0 unspecified atom stereocenters. The second kappa shape index (κ2) is 8.74. The maximum Gasteiger partial charge on any atom is 0.254 e. The van der Waals surface area contributed by atoms with E-state index in [4.69, 9.17) is 9.84 Å². The highest BCUT2D eigenvalue weighted by atomic mass is 16.5. The summed E-state index contributed by atoms with van der Waals surface area (Å²) in [6.45, 7) is 2.38. The number of carbonyl (C=O) groups is 1. The van der Waals surface area contributed by atoms with E-state index in [2.05, 4.69) is 20.5 Å². The van der Waals surface area contributed by atoms with E-state index in [0.717, 1.165) is 22.2 Å². The molecular weight excluding hydrogens is 408 g/mol. The molecule has 0 aliphatic carbocycles. The first-order valence-electron chi connectivity index (χ1n) is 10.4. The maximum atomic E-state index is 12.6. The van der Waals surface area contributed by atoms with Crippen molar-refractivity contribution < 1.29 is 14.6 Å². The molecule has 4 aromatic rings. The van der Waals surface area contributed by atoms with Crippen molar-refractivity contribution in [1.82, 2.24) is 30.1 Å². The van der Waals surface area contributed by atoms with Crippen LogP contribution in [0.4, 0.5) is 0 Å². The predicted molar refractivity (Wildman–Crippen MR) is 119 cm³/mol. The number of nitrogens with one attached hydrogen (secondary N) is 1. The van der Waals surface area contributed by atoms with Crippen LogP contribution in [0.3, 0.4) is 0 Å². The zero-order chi connectivity index (χ0) is 21.9. The molecule has 0 spiro atoms. The van der Waals surface area contributed by atoms with Gasteiger partial charge in [0.2, 0.25) is 0 Å². The quantitative estimate of drug-likeness (QED) is 0.503. The van der Waals surface area contributed by atoms with Gasteiger partial charge >= 0.3 is 0 Å². The van der Waals surface area contributed by atoms with Crippen molar-refractivity contribution >= 4 is 22.9 Å². The molecule has 3 heterocycles. The lowest BCUT2D eigenvalue weighted by Gasteiger charge is -2.26. The molecule has 1 fully saturated rings. The summed E-state index contributed by atoms with van der Waals surface area (Å²) >= 11 is 0. The lowest BCUT2D eigenvalue weighted by molar-refractivity contribution is 0.0303.